The molecule has 0 saturated carbocycles. The largest absolute Gasteiger partial charge is 0.497 e. The van der Waals surface area contributed by atoms with E-state index in [-0.39, 0.29) is 5.91 Å². The number of nitrogens with zero attached hydrogens (tertiary/aromatic N) is 1. The third kappa shape index (κ3) is 4.24. The molecule has 1 aromatic heterocycles. The Hall–Kier alpha value is -2.79. The SMILES string of the molecule is COc1ccc(-c2nc(C(=O)NCCc3ccc(Cl)cc3)c(C)o2)cc1. The van der Waals surface area contributed by atoms with Crippen molar-refractivity contribution in [2.75, 3.05) is 13.7 Å². The summed E-state index contributed by atoms with van der Waals surface area (Å²) in [6.07, 6.45) is 0.713. The topological polar surface area (TPSA) is 64.4 Å². The van der Waals surface area contributed by atoms with Crippen molar-refractivity contribution in [3.05, 3.63) is 70.6 Å². The average Bonchev–Trinajstić information content (AvgIpc) is 3.05. The van der Waals surface area contributed by atoms with Crippen molar-refractivity contribution in [1.82, 2.24) is 10.3 Å². The van der Waals surface area contributed by atoms with E-state index in [1.54, 1.807) is 14.0 Å². The lowest BCUT2D eigenvalue weighted by Crippen LogP contribution is -2.26. The Morgan fingerprint density at radius 3 is 2.50 bits per heavy atom. The monoisotopic (exact) mass is 370 g/mol. The molecule has 0 aliphatic rings. The lowest BCUT2D eigenvalue weighted by atomic mass is 10.1. The van der Waals surface area contributed by atoms with Crippen LogP contribution in [0.4, 0.5) is 0 Å². The molecule has 1 amide bonds. The van der Waals surface area contributed by atoms with Crippen molar-refractivity contribution in [2.45, 2.75) is 13.3 Å². The Morgan fingerprint density at radius 1 is 1.15 bits per heavy atom. The molecule has 2 aromatic carbocycles. The van der Waals surface area contributed by atoms with Crippen molar-refractivity contribution < 1.29 is 13.9 Å². The number of hydrogen-bond acceptors (Lipinski definition) is 4. The van der Waals surface area contributed by atoms with Gasteiger partial charge in [-0.25, -0.2) is 4.98 Å². The maximum atomic E-state index is 12.4. The third-order valence-electron chi connectivity index (χ3n) is 3.96. The molecular weight excluding hydrogens is 352 g/mol. The normalized spacial score (nSPS) is 10.6. The second-order valence-electron chi connectivity index (χ2n) is 5.78. The summed E-state index contributed by atoms with van der Waals surface area (Å²) in [5.74, 6) is 1.39. The first-order chi connectivity index (χ1) is 12.6. The highest BCUT2D eigenvalue weighted by atomic mass is 35.5. The molecule has 1 heterocycles. The smallest absolute Gasteiger partial charge is 0.273 e. The van der Waals surface area contributed by atoms with Crippen molar-refractivity contribution in [3.8, 4) is 17.2 Å². The van der Waals surface area contributed by atoms with Gasteiger partial charge in [-0.05, 0) is 55.3 Å². The van der Waals surface area contributed by atoms with E-state index in [9.17, 15) is 4.79 Å². The van der Waals surface area contributed by atoms with Crippen molar-refractivity contribution in [1.29, 1.82) is 0 Å². The van der Waals surface area contributed by atoms with Crippen LogP contribution in [0.2, 0.25) is 5.02 Å². The Balaban J connectivity index is 1.63. The molecule has 5 nitrogen and oxygen atoms in total. The number of ether oxygens (including phenoxy) is 1. The van der Waals surface area contributed by atoms with E-state index >= 15 is 0 Å². The summed E-state index contributed by atoms with van der Waals surface area (Å²) in [7, 11) is 1.61. The van der Waals surface area contributed by atoms with Crippen molar-refractivity contribution in [3.63, 3.8) is 0 Å². The number of carbonyl (C=O) groups is 1. The number of benzene rings is 2. The summed E-state index contributed by atoms with van der Waals surface area (Å²) in [6.45, 7) is 2.23. The highest BCUT2D eigenvalue weighted by molar-refractivity contribution is 6.30. The highest BCUT2D eigenvalue weighted by Crippen LogP contribution is 2.24. The van der Waals surface area contributed by atoms with Crippen LogP contribution in [0, 0.1) is 6.92 Å². The first kappa shape index (κ1) is 18.0. The van der Waals surface area contributed by atoms with Gasteiger partial charge in [-0.15, -0.1) is 0 Å². The minimum absolute atomic E-state index is 0.250. The summed E-state index contributed by atoms with van der Waals surface area (Å²) < 4.78 is 10.8. The minimum Gasteiger partial charge on any atom is -0.497 e. The predicted octanol–water partition coefficient (Wildman–Crippen LogP) is 4.28. The van der Waals surface area contributed by atoms with Crippen LogP contribution >= 0.6 is 11.6 Å². The van der Waals surface area contributed by atoms with Gasteiger partial charge in [0.2, 0.25) is 5.89 Å². The fourth-order valence-electron chi connectivity index (χ4n) is 2.52. The number of hydrogen-bond donors (Lipinski definition) is 1. The van der Waals surface area contributed by atoms with Gasteiger partial charge in [0, 0.05) is 17.1 Å². The van der Waals surface area contributed by atoms with E-state index in [4.69, 9.17) is 20.8 Å². The van der Waals surface area contributed by atoms with Crippen LogP contribution in [-0.2, 0) is 6.42 Å². The van der Waals surface area contributed by atoms with Gasteiger partial charge in [-0.2, -0.15) is 0 Å². The lowest BCUT2D eigenvalue weighted by molar-refractivity contribution is 0.0948. The second kappa shape index (κ2) is 8.06. The third-order valence-corrected chi connectivity index (χ3v) is 4.21. The van der Waals surface area contributed by atoms with Gasteiger partial charge < -0.3 is 14.5 Å². The Morgan fingerprint density at radius 2 is 1.85 bits per heavy atom. The fourth-order valence-corrected chi connectivity index (χ4v) is 2.65. The summed E-state index contributed by atoms with van der Waals surface area (Å²) in [5, 5.41) is 3.57. The van der Waals surface area contributed by atoms with Gasteiger partial charge in [0.05, 0.1) is 7.11 Å². The Bertz CT molecular complexity index is 886. The summed E-state index contributed by atoms with van der Waals surface area (Å²) >= 11 is 5.87. The zero-order chi connectivity index (χ0) is 18.5. The molecule has 0 fully saturated rings. The number of rotatable bonds is 6. The quantitative estimate of drug-likeness (QED) is 0.703. The lowest BCUT2D eigenvalue weighted by Gasteiger charge is -2.04. The molecule has 134 valence electrons. The number of nitrogens with one attached hydrogen (secondary N) is 1. The van der Waals surface area contributed by atoms with Gasteiger partial charge in [-0.3, -0.25) is 4.79 Å². The fraction of sp³-hybridized carbons (Fsp3) is 0.200. The van der Waals surface area contributed by atoms with Crippen LogP contribution in [0.15, 0.2) is 52.9 Å². The molecule has 26 heavy (non-hydrogen) atoms. The van der Waals surface area contributed by atoms with E-state index in [1.807, 2.05) is 48.5 Å². The van der Waals surface area contributed by atoms with Gasteiger partial charge in [0.15, 0.2) is 5.69 Å². The van der Waals surface area contributed by atoms with Crippen LogP contribution in [-0.4, -0.2) is 24.5 Å². The predicted molar refractivity (Wildman–Crippen MR) is 101 cm³/mol. The van der Waals surface area contributed by atoms with Crippen LogP contribution < -0.4 is 10.1 Å². The molecule has 0 aliphatic carbocycles. The molecule has 3 aromatic rings. The van der Waals surface area contributed by atoms with Gasteiger partial charge in [0.1, 0.15) is 11.5 Å². The van der Waals surface area contributed by atoms with Crippen molar-refractivity contribution in [2.24, 2.45) is 0 Å². The Labute approximate surface area is 157 Å². The standard InChI is InChI=1S/C20H19ClN2O3/c1-13-18(19(24)22-12-11-14-3-7-16(21)8-4-14)23-20(26-13)15-5-9-17(25-2)10-6-15/h3-10H,11-12H2,1-2H3,(H,22,24). The van der Waals surface area contributed by atoms with E-state index in [1.165, 1.54) is 0 Å². The van der Waals surface area contributed by atoms with E-state index in [0.29, 0.717) is 35.3 Å². The molecule has 6 heteroatoms. The number of aromatic nitrogens is 1. The first-order valence-corrected chi connectivity index (χ1v) is 8.59. The first-order valence-electron chi connectivity index (χ1n) is 8.21. The Kier molecular flexibility index (Phi) is 5.58. The molecule has 0 atom stereocenters. The number of amides is 1. The maximum absolute atomic E-state index is 12.4. The maximum Gasteiger partial charge on any atom is 0.273 e. The molecule has 1 N–H and O–H groups in total. The van der Waals surface area contributed by atoms with Crippen LogP contribution in [0.5, 0.6) is 5.75 Å². The van der Waals surface area contributed by atoms with Crippen LogP contribution in [0.25, 0.3) is 11.5 Å². The number of halogens is 1. The summed E-state index contributed by atoms with van der Waals surface area (Å²) in [5.41, 5.74) is 2.19. The molecule has 0 bridgehead atoms. The molecule has 0 spiro atoms. The molecule has 0 unspecified atom stereocenters. The van der Waals surface area contributed by atoms with E-state index in [0.717, 1.165) is 16.9 Å². The number of aryl methyl sites for hydroxylation is 1. The molecule has 0 saturated heterocycles. The summed E-state index contributed by atoms with van der Waals surface area (Å²) in [4.78, 5) is 16.7. The van der Waals surface area contributed by atoms with E-state index < -0.39 is 0 Å². The summed E-state index contributed by atoms with van der Waals surface area (Å²) in [6, 6.07) is 14.9. The molecule has 3 rings (SSSR count). The number of methoxy groups -OCH3 is 1. The van der Waals surface area contributed by atoms with Gasteiger partial charge in [0.25, 0.3) is 5.91 Å². The van der Waals surface area contributed by atoms with Gasteiger partial charge in [-0.1, -0.05) is 23.7 Å². The zero-order valence-electron chi connectivity index (χ0n) is 14.6. The van der Waals surface area contributed by atoms with Crippen LogP contribution in [0.3, 0.4) is 0 Å². The average molecular weight is 371 g/mol. The highest BCUT2D eigenvalue weighted by Gasteiger charge is 2.17. The number of carbonyl (C=O) groups excluding carboxylic acids is 1. The minimum atomic E-state index is -0.250. The number of oxazole rings is 1. The van der Waals surface area contributed by atoms with Gasteiger partial charge >= 0.3 is 0 Å². The second-order valence-corrected chi connectivity index (χ2v) is 6.22. The molecule has 0 radical (unpaired) electrons. The molecule has 0 aliphatic heterocycles. The van der Waals surface area contributed by atoms with E-state index in [2.05, 4.69) is 10.3 Å². The van der Waals surface area contributed by atoms with Crippen molar-refractivity contribution >= 4 is 17.5 Å². The zero-order valence-corrected chi connectivity index (χ0v) is 15.3. The van der Waals surface area contributed by atoms with Crippen LogP contribution in [0.1, 0.15) is 21.8 Å². The molecular formula is C20H19ClN2O3.